The highest BCUT2D eigenvalue weighted by molar-refractivity contribution is 5.96. The zero-order chi connectivity index (χ0) is 19.9. The van der Waals surface area contributed by atoms with Gasteiger partial charge in [-0.05, 0) is 36.9 Å². The number of methoxy groups -OCH3 is 1. The third-order valence-electron chi connectivity index (χ3n) is 8.23. The van der Waals surface area contributed by atoms with Crippen LogP contribution in [-0.2, 0) is 24.5 Å². The van der Waals surface area contributed by atoms with Gasteiger partial charge in [0.05, 0.1) is 19.8 Å². The SMILES string of the molecule is COC(=O)C1OCC=C2CN3CCC45c6ccccc6N(C(C)=O)C4C1C2CC35. The summed E-state index contributed by atoms with van der Waals surface area (Å²) in [4.78, 5) is 30.4. The van der Waals surface area contributed by atoms with Crippen LogP contribution in [0, 0.1) is 11.8 Å². The number of carbonyl (C=O) groups excluding carboxylic acids is 2. The Balaban J connectivity index is 1.62. The molecule has 152 valence electrons. The van der Waals surface area contributed by atoms with Crippen molar-refractivity contribution in [1.29, 1.82) is 0 Å². The first-order valence-corrected chi connectivity index (χ1v) is 10.6. The van der Waals surface area contributed by atoms with Gasteiger partial charge >= 0.3 is 5.97 Å². The van der Waals surface area contributed by atoms with Crippen molar-refractivity contribution in [2.45, 2.75) is 43.4 Å². The lowest BCUT2D eigenvalue weighted by Crippen LogP contribution is -2.67. The van der Waals surface area contributed by atoms with Crippen LogP contribution in [0.4, 0.5) is 5.69 Å². The molecule has 1 amide bonds. The number of hydrogen-bond acceptors (Lipinski definition) is 5. The first-order valence-electron chi connectivity index (χ1n) is 10.6. The predicted octanol–water partition coefficient (Wildman–Crippen LogP) is 1.88. The molecule has 6 unspecified atom stereocenters. The topological polar surface area (TPSA) is 59.1 Å². The molecule has 29 heavy (non-hydrogen) atoms. The molecule has 4 aliphatic heterocycles. The minimum Gasteiger partial charge on any atom is -0.467 e. The number of hydrogen-bond donors (Lipinski definition) is 0. The number of ether oxygens (including phenoxy) is 2. The quantitative estimate of drug-likeness (QED) is 0.538. The van der Waals surface area contributed by atoms with Gasteiger partial charge in [-0.25, -0.2) is 4.79 Å². The van der Waals surface area contributed by atoms with Crippen LogP contribution in [-0.4, -0.2) is 61.8 Å². The summed E-state index contributed by atoms with van der Waals surface area (Å²) in [7, 11) is 1.43. The fourth-order valence-electron chi connectivity index (χ4n) is 7.35. The molecule has 0 N–H and O–H groups in total. The number of benzene rings is 1. The number of para-hydroxylation sites is 1. The summed E-state index contributed by atoms with van der Waals surface area (Å²) in [5, 5.41) is 0. The van der Waals surface area contributed by atoms with Gasteiger partial charge in [0.1, 0.15) is 0 Å². The molecule has 2 saturated heterocycles. The molecule has 1 aliphatic carbocycles. The zero-order valence-corrected chi connectivity index (χ0v) is 16.8. The fraction of sp³-hybridized carbons (Fsp3) is 0.565. The molecule has 1 spiro atoms. The molecule has 1 aromatic rings. The summed E-state index contributed by atoms with van der Waals surface area (Å²) in [6.45, 7) is 4.04. The number of fused-ring (bicyclic) bond motifs is 2. The number of rotatable bonds is 1. The average molecular weight is 394 g/mol. The zero-order valence-electron chi connectivity index (χ0n) is 16.8. The third kappa shape index (κ3) is 2.04. The molecule has 0 aromatic heterocycles. The van der Waals surface area contributed by atoms with E-state index < -0.39 is 6.10 Å². The normalized spacial score (nSPS) is 39.3. The van der Waals surface area contributed by atoms with Gasteiger partial charge in [-0.15, -0.1) is 0 Å². The smallest absolute Gasteiger partial charge is 0.335 e. The molecule has 5 aliphatic rings. The van der Waals surface area contributed by atoms with E-state index in [9.17, 15) is 9.59 Å². The van der Waals surface area contributed by atoms with Gasteiger partial charge < -0.3 is 14.4 Å². The van der Waals surface area contributed by atoms with Crippen LogP contribution in [0.5, 0.6) is 0 Å². The summed E-state index contributed by atoms with van der Waals surface area (Å²) in [5.74, 6) is -0.131. The Morgan fingerprint density at radius 2 is 2.10 bits per heavy atom. The molecule has 1 saturated carbocycles. The fourth-order valence-corrected chi connectivity index (χ4v) is 7.35. The Morgan fingerprint density at radius 1 is 1.28 bits per heavy atom. The Hall–Kier alpha value is -2.18. The van der Waals surface area contributed by atoms with E-state index in [-0.39, 0.29) is 35.2 Å². The van der Waals surface area contributed by atoms with Crippen molar-refractivity contribution in [3.05, 3.63) is 41.5 Å². The number of anilines is 1. The van der Waals surface area contributed by atoms with E-state index in [1.54, 1.807) is 6.92 Å². The van der Waals surface area contributed by atoms with Crippen LogP contribution in [0.25, 0.3) is 0 Å². The van der Waals surface area contributed by atoms with Crippen molar-refractivity contribution < 1.29 is 19.1 Å². The summed E-state index contributed by atoms with van der Waals surface area (Å²) in [6, 6.07) is 8.67. The largest absolute Gasteiger partial charge is 0.467 e. The van der Waals surface area contributed by atoms with Crippen molar-refractivity contribution in [3.8, 4) is 0 Å². The van der Waals surface area contributed by atoms with Crippen LogP contribution >= 0.6 is 0 Å². The Labute approximate surface area is 170 Å². The molecule has 6 heteroatoms. The first-order chi connectivity index (χ1) is 14.1. The second-order valence-corrected chi connectivity index (χ2v) is 9.10. The molecule has 6 rings (SSSR count). The molecule has 3 fully saturated rings. The number of amides is 1. The molecule has 1 aromatic carbocycles. The van der Waals surface area contributed by atoms with Gasteiger partial charge in [0, 0.05) is 36.5 Å². The molecular weight excluding hydrogens is 368 g/mol. The standard InChI is InChI=1S/C23H26N2O4/c1-13(26)25-17-6-4-3-5-16(17)23-8-9-24-12-14-7-10-29-20(22(27)28-2)19(21(23)25)15(14)11-18(23)24/h3-7,15,18-21H,8-12H2,1-2H3. The van der Waals surface area contributed by atoms with E-state index >= 15 is 0 Å². The van der Waals surface area contributed by atoms with E-state index in [0.29, 0.717) is 12.6 Å². The highest BCUT2D eigenvalue weighted by atomic mass is 16.6. The van der Waals surface area contributed by atoms with E-state index in [1.165, 1.54) is 18.2 Å². The lowest BCUT2D eigenvalue weighted by molar-refractivity contribution is -0.161. The average Bonchev–Trinajstić information content (AvgIpc) is 3.18. The molecular formula is C23H26N2O4. The van der Waals surface area contributed by atoms with Gasteiger partial charge in [0.15, 0.2) is 6.10 Å². The van der Waals surface area contributed by atoms with Gasteiger partial charge in [0.2, 0.25) is 5.91 Å². The van der Waals surface area contributed by atoms with Gasteiger partial charge in [-0.1, -0.05) is 29.8 Å². The summed E-state index contributed by atoms with van der Waals surface area (Å²) < 4.78 is 11.3. The van der Waals surface area contributed by atoms with E-state index in [2.05, 4.69) is 29.2 Å². The van der Waals surface area contributed by atoms with E-state index in [1.807, 2.05) is 11.0 Å². The molecule has 6 nitrogen and oxygen atoms in total. The van der Waals surface area contributed by atoms with Gasteiger partial charge in [-0.3, -0.25) is 9.69 Å². The molecule has 0 radical (unpaired) electrons. The second kappa shape index (κ2) is 5.92. The van der Waals surface area contributed by atoms with Crippen molar-refractivity contribution in [2.75, 3.05) is 31.7 Å². The molecule has 4 heterocycles. The molecule has 2 bridgehead atoms. The maximum absolute atomic E-state index is 13.0. The number of nitrogens with zero attached hydrogens (tertiary/aromatic N) is 2. The maximum atomic E-state index is 13.0. The Bertz CT molecular complexity index is 943. The van der Waals surface area contributed by atoms with E-state index in [0.717, 1.165) is 31.6 Å². The van der Waals surface area contributed by atoms with Crippen LogP contribution in [0.1, 0.15) is 25.3 Å². The summed E-state index contributed by atoms with van der Waals surface area (Å²) >= 11 is 0. The lowest BCUT2D eigenvalue weighted by atomic mass is 9.54. The highest BCUT2D eigenvalue weighted by Gasteiger charge is 2.69. The minimum atomic E-state index is -0.648. The van der Waals surface area contributed by atoms with Crippen LogP contribution < -0.4 is 4.90 Å². The van der Waals surface area contributed by atoms with Crippen LogP contribution in [0.3, 0.4) is 0 Å². The number of piperidine rings is 1. The highest BCUT2D eigenvalue weighted by Crippen LogP contribution is 2.64. The monoisotopic (exact) mass is 394 g/mol. The summed E-state index contributed by atoms with van der Waals surface area (Å²) in [5.41, 5.74) is 3.51. The van der Waals surface area contributed by atoms with Crippen LogP contribution in [0.2, 0.25) is 0 Å². The number of esters is 1. The van der Waals surface area contributed by atoms with Crippen molar-refractivity contribution in [3.63, 3.8) is 0 Å². The summed E-state index contributed by atoms with van der Waals surface area (Å²) in [6.07, 6.45) is 3.55. The first kappa shape index (κ1) is 17.7. The van der Waals surface area contributed by atoms with Crippen molar-refractivity contribution in [1.82, 2.24) is 4.90 Å². The van der Waals surface area contributed by atoms with Gasteiger partial charge in [0.25, 0.3) is 0 Å². The Kier molecular flexibility index (Phi) is 3.61. The van der Waals surface area contributed by atoms with Gasteiger partial charge in [-0.2, -0.15) is 0 Å². The minimum absolute atomic E-state index is 0.0381. The van der Waals surface area contributed by atoms with E-state index in [4.69, 9.17) is 9.47 Å². The molecule has 6 atom stereocenters. The predicted molar refractivity (Wildman–Crippen MR) is 106 cm³/mol. The Morgan fingerprint density at radius 3 is 2.90 bits per heavy atom. The third-order valence-corrected chi connectivity index (χ3v) is 8.23. The van der Waals surface area contributed by atoms with Crippen molar-refractivity contribution >= 4 is 17.6 Å². The second-order valence-electron chi connectivity index (χ2n) is 9.10. The lowest BCUT2D eigenvalue weighted by Gasteiger charge is -2.56. The number of carbonyl (C=O) groups is 2. The van der Waals surface area contributed by atoms with Crippen LogP contribution in [0.15, 0.2) is 35.9 Å². The van der Waals surface area contributed by atoms with Crippen molar-refractivity contribution in [2.24, 2.45) is 11.8 Å². The maximum Gasteiger partial charge on any atom is 0.335 e.